The van der Waals surface area contributed by atoms with Crippen LogP contribution in [0.5, 0.6) is 11.5 Å². The fraction of sp³-hybridized carbons (Fsp3) is 0.167. The van der Waals surface area contributed by atoms with E-state index in [0.29, 0.717) is 17.9 Å². The lowest BCUT2D eigenvalue weighted by Crippen LogP contribution is -2.22. The van der Waals surface area contributed by atoms with Crippen molar-refractivity contribution in [2.45, 2.75) is 6.92 Å². The van der Waals surface area contributed by atoms with E-state index in [4.69, 9.17) is 4.74 Å². The topological polar surface area (TPSA) is 87.7 Å². The molecule has 1 aromatic rings. The number of hydrogen-bond acceptors (Lipinski definition) is 4. The zero-order valence-corrected chi connectivity index (χ0v) is 9.69. The van der Waals surface area contributed by atoms with Crippen molar-refractivity contribution < 1.29 is 19.4 Å². The van der Waals surface area contributed by atoms with E-state index < -0.39 is 11.9 Å². The molecule has 0 aromatic heterocycles. The van der Waals surface area contributed by atoms with E-state index in [-0.39, 0.29) is 11.4 Å². The first-order valence-electron chi connectivity index (χ1n) is 5.40. The number of nitrogens with one attached hydrogen (secondary N) is 2. The highest BCUT2D eigenvalue weighted by molar-refractivity contribution is 6.13. The number of ether oxygens (including phenoxy) is 1. The number of rotatable bonds is 3. The predicted octanol–water partition coefficient (Wildman–Crippen LogP) is 0.971. The van der Waals surface area contributed by atoms with Gasteiger partial charge in [-0.15, -0.1) is 0 Å². The quantitative estimate of drug-likeness (QED) is 0.549. The lowest BCUT2D eigenvalue weighted by molar-refractivity contribution is -0.115. The van der Waals surface area contributed by atoms with Crippen LogP contribution in [0.1, 0.15) is 12.5 Å². The van der Waals surface area contributed by atoms with Crippen LogP contribution in [0.25, 0.3) is 6.08 Å². The first kappa shape index (κ1) is 12.0. The summed E-state index contributed by atoms with van der Waals surface area (Å²) in [6.45, 7) is 2.26. The lowest BCUT2D eigenvalue weighted by atomic mass is 10.1. The zero-order valence-electron chi connectivity index (χ0n) is 9.69. The van der Waals surface area contributed by atoms with Gasteiger partial charge in [0, 0.05) is 0 Å². The Hall–Kier alpha value is -2.50. The third kappa shape index (κ3) is 2.42. The maximum Gasteiger partial charge on any atom is 0.326 e. The summed E-state index contributed by atoms with van der Waals surface area (Å²) in [5.74, 6) is -0.135. The SMILES string of the molecule is CCOc1ccc(/C=C2\NC(=O)NC2=O)cc1O. The largest absolute Gasteiger partial charge is 0.504 e. The highest BCUT2D eigenvalue weighted by atomic mass is 16.5. The minimum Gasteiger partial charge on any atom is -0.504 e. The van der Waals surface area contributed by atoms with Crippen molar-refractivity contribution in [3.63, 3.8) is 0 Å². The fourth-order valence-corrected chi connectivity index (χ4v) is 1.55. The second kappa shape index (κ2) is 4.79. The minimum absolute atomic E-state index is 0.0177. The summed E-state index contributed by atoms with van der Waals surface area (Å²) in [6.07, 6.45) is 1.47. The zero-order chi connectivity index (χ0) is 13.1. The number of imide groups is 1. The maximum absolute atomic E-state index is 11.3. The average molecular weight is 248 g/mol. The molecule has 6 heteroatoms. The molecular formula is C12H12N2O4. The molecule has 0 unspecified atom stereocenters. The maximum atomic E-state index is 11.3. The molecule has 1 saturated heterocycles. The molecule has 3 amide bonds. The highest BCUT2D eigenvalue weighted by Gasteiger charge is 2.22. The molecule has 0 aliphatic carbocycles. The Labute approximate surface area is 103 Å². The third-order valence-corrected chi connectivity index (χ3v) is 2.31. The molecule has 18 heavy (non-hydrogen) atoms. The van der Waals surface area contributed by atoms with Crippen molar-refractivity contribution in [3.8, 4) is 11.5 Å². The second-order valence-electron chi connectivity index (χ2n) is 3.63. The lowest BCUT2D eigenvalue weighted by Gasteiger charge is -2.06. The van der Waals surface area contributed by atoms with Crippen LogP contribution in [0.3, 0.4) is 0 Å². The van der Waals surface area contributed by atoms with Gasteiger partial charge >= 0.3 is 6.03 Å². The Morgan fingerprint density at radius 2 is 2.11 bits per heavy atom. The van der Waals surface area contributed by atoms with Crippen molar-refractivity contribution in [2.24, 2.45) is 0 Å². The molecule has 0 saturated carbocycles. The summed E-state index contributed by atoms with van der Waals surface area (Å²) in [4.78, 5) is 22.2. The Morgan fingerprint density at radius 3 is 2.67 bits per heavy atom. The van der Waals surface area contributed by atoms with Gasteiger partial charge in [0.1, 0.15) is 5.70 Å². The van der Waals surface area contributed by atoms with Gasteiger partial charge in [-0.05, 0) is 30.7 Å². The molecule has 0 bridgehead atoms. The van der Waals surface area contributed by atoms with E-state index in [9.17, 15) is 14.7 Å². The molecule has 1 heterocycles. The van der Waals surface area contributed by atoms with Gasteiger partial charge in [-0.3, -0.25) is 10.1 Å². The molecule has 0 radical (unpaired) electrons. The first-order valence-corrected chi connectivity index (χ1v) is 5.40. The summed E-state index contributed by atoms with van der Waals surface area (Å²) in [5.41, 5.74) is 0.729. The van der Waals surface area contributed by atoms with Gasteiger partial charge in [0.25, 0.3) is 5.91 Å². The third-order valence-electron chi connectivity index (χ3n) is 2.31. The molecule has 1 aliphatic heterocycles. The normalized spacial score (nSPS) is 16.6. The summed E-state index contributed by atoms with van der Waals surface area (Å²) in [5, 5.41) is 14.1. The van der Waals surface area contributed by atoms with E-state index in [1.165, 1.54) is 12.1 Å². The smallest absolute Gasteiger partial charge is 0.326 e. The number of phenols is 1. The molecule has 6 nitrogen and oxygen atoms in total. The fourth-order valence-electron chi connectivity index (χ4n) is 1.55. The highest BCUT2D eigenvalue weighted by Crippen LogP contribution is 2.27. The van der Waals surface area contributed by atoms with Gasteiger partial charge in [0.05, 0.1) is 6.61 Å². The van der Waals surface area contributed by atoms with Crippen LogP contribution in [-0.4, -0.2) is 23.7 Å². The molecule has 3 N–H and O–H groups in total. The molecule has 0 atom stereocenters. The molecule has 1 aliphatic rings. The van der Waals surface area contributed by atoms with Crippen LogP contribution in [0.15, 0.2) is 23.9 Å². The molecule has 1 fully saturated rings. The molecule has 0 spiro atoms. The van der Waals surface area contributed by atoms with Gasteiger partial charge in [-0.2, -0.15) is 0 Å². The molecule has 1 aromatic carbocycles. The number of amides is 3. The van der Waals surface area contributed by atoms with Gasteiger partial charge in [-0.1, -0.05) is 6.07 Å². The Kier molecular flexibility index (Phi) is 3.18. The molecular weight excluding hydrogens is 236 g/mol. The van der Waals surface area contributed by atoms with Gasteiger partial charge in [0.15, 0.2) is 11.5 Å². The van der Waals surface area contributed by atoms with Crippen LogP contribution in [0.4, 0.5) is 4.79 Å². The summed E-state index contributed by atoms with van der Waals surface area (Å²) >= 11 is 0. The number of hydrogen-bond donors (Lipinski definition) is 3. The van der Waals surface area contributed by atoms with Crippen molar-refractivity contribution in [2.75, 3.05) is 6.61 Å². The van der Waals surface area contributed by atoms with E-state index in [1.54, 1.807) is 12.1 Å². The van der Waals surface area contributed by atoms with E-state index in [0.717, 1.165) is 0 Å². The van der Waals surface area contributed by atoms with Crippen molar-refractivity contribution in [3.05, 3.63) is 29.5 Å². The van der Waals surface area contributed by atoms with Crippen molar-refractivity contribution in [1.82, 2.24) is 10.6 Å². The molecule has 94 valence electrons. The average Bonchev–Trinajstić information content (AvgIpc) is 2.61. The van der Waals surface area contributed by atoms with Crippen LogP contribution in [0, 0.1) is 0 Å². The Bertz CT molecular complexity index is 537. The van der Waals surface area contributed by atoms with Gasteiger partial charge < -0.3 is 15.2 Å². The number of benzene rings is 1. The van der Waals surface area contributed by atoms with E-state index in [2.05, 4.69) is 10.6 Å². The summed E-state index contributed by atoms with van der Waals surface area (Å²) < 4.78 is 5.18. The summed E-state index contributed by atoms with van der Waals surface area (Å²) in [6, 6.07) is 4.17. The monoisotopic (exact) mass is 248 g/mol. The minimum atomic E-state index is -0.554. The Morgan fingerprint density at radius 1 is 1.33 bits per heavy atom. The first-order chi connectivity index (χ1) is 8.60. The van der Waals surface area contributed by atoms with E-state index in [1.807, 2.05) is 6.92 Å². The number of phenolic OH excluding ortho intramolecular Hbond substituents is 1. The van der Waals surface area contributed by atoms with Gasteiger partial charge in [0.2, 0.25) is 0 Å². The van der Waals surface area contributed by atoms with Crippen LogP contribution in [-0.2, 0) is 4.79 Å². The molecule has 2 rings (SSSR count). The van der Waals surface area contributed by atoms with Crippen molar-refractivity contribution in [1.29, 1.82) is 0 Å². The van der Waals surface area contributed by atoms with E-state index >= 15 is 0 Å². The summed E-state index contributed by atoms with van der Waals surface area (Å²) in [7, 11) is 0. The van der Waals surface area contributed by atoms with Crippen LogP contribution in [0.2, 0.25) is 0 Å². The number of carbonyl (C=O) groups excluding carboxylic acids is 2. The number of urea groups is 1. The predicted molar refractivity (Wildman–Crippen MR) is 63.9 cm³/mol. The second-order valence-corrected chi connectivity index (χ2v) is 3.63. The van der Waals surface area contributed by atoms with Crippen molar-refractivity contribution >= 4 is 18.0 Å². The standard InChI is InChI=1S/C12H12N2O4/c1-2-18-10-4-3-7(6-9(10)15)5-8-11(16)14-12(17)13-8/h3-6,15H,2H2,1H3,(H2,13,14,16,17)/b8-5-. The van der Waals surface area contributed by atoms with Gasteiger partial charge in [-0.25, -0.2) is 4.79 Å². The Balaban J connectivity index is 2.25. The van der Waals surface area contributed by atoms with Crippen LogP contribution >= 0.6 is 0 Å². The number of carbonyl (C=O) groups is 2. The number of aromatic hydroxyl groups is 1. The van der Waals surface area contributed by atoms with Crippen LogP contribution < -0.4 is 15.4 Å².